The molecule has 1 amide bonds. The van der Waals surface area contributed by atoms with Crippen LogP contribution in [0.5, 0.6) is 0 Å². The molecule has 6 heteroatoms. The number of benzene rings is 2. The molecule has 122 valence electrons. The maximum Gasteiger partial charge on any atom is 0.259 e. The van der Waals surface area contributed by atoms with Crippen molar-refractivity contribution in [2.24, 2.45) is 0 Å². The molecule has 24 heavy (non-hydrogen) atoms. The van der Waals surface area contributed by atoms with E-state index in [9.17, 15) is 9.59 Å². The van der Waals surface area contributed by atoms with Crippen LogP contribution in [0.3, 0.4) is 0 Å². The molecule has 0 aliphatic heterocycles. The van der Waals surface area contributed by atoms with Crippen molar-refractivity contribution in [2.45, 2.75) is 13.3 Å². The number of hydrogen-bond donors (Lipinski definition) is 3. The average Bonchev–Trinajstić information content (AvgIpc) is 2.55. The Balaban J connectivity index is 1.73. The van der Waals surface area contributed by atoms with Gasteiger partial charge in [0.15, 0.2) is 4.77 Å². The summed E-state index contributed by atoms with van der Waals surface area (Å²) in [6.45, 7) is 2.60. The number of carbonyl (C=O) groups excluding carboxylic acids is 1. The number of aromatic amines is 2. The molecule has 3 aromatic rings. The third-order valence-corrected chi connectivity index (χ3v) is 4.15. The molecule has 0 aliphatic rings. The van der Waals surface area contributed by atoms with Crippen molar-refractivity contribution in [3.05, 3.63) is 74.3 Å². The number of carbonyl (C=O) groups is 1. The molecule has 1 heterocycles. The highest BCUT2D eigenvalue weighted by Gasteiger charge is 2.08. The fourth-order valence-electron chi connectivity index (χ4n) is 2.61. The van der Waals surface area contributed by atoms with Crippen molar-refractivity contribution >= 4 is 29.0 Å². The van der Waals surface area contributed by atoms with Crippen LogP contribution in [0.2, 0.25) is 0 Å². The standard InChI is InChI=1S/C18H17N3O2S/c1-11-4-2-3-5-12(11)8-9-19-16(22)13-6-7-14-15(10-13)20-18(24)21-17(14)23/h2-7,10H,8-9H2,1H3,(H,19,22)(H2,20,21,23,24). The van der Waals surface area contributed by atoms with Gasteiger partial charge in [-0.1, -0.05) is 24.3 Å². The van der Waals surface area contributed by atoms with Gasteiger partial charge in [0.25, 0.3) is 11.5 Å². The molecular formula is C18H17N3O2S. The first-order valence-corrected chi connectivity index (χ1v) is 8.04. The number of rotatable bonds is 4. The Bertz CT molecular complexity index is 1020. The number of nitrogens with one attached hydrogen (secondary N) is 3. The highest BCUT2D eigenvalue weighted by molar-refractivity contribution is 7.71. The van der Waals surface area contributed by atoms with Gasteiger partial charge in [0.2, 0.25) is 0 Å². The summed E-state index contributed by atoms with van der Waals surface area (Å²) in [5, 5.41) is 3.38. The Labute approximate surface area is 143 Å². The van der Waals surface area contributed by atoms with Gasteiger partial charge < -0.3 is 10.3 Å². The highest BCUT2D eigenvalue weighted by Crippen LogP contribution is 2.10. The first-order valence-electron chi connectivity index (χ1n) is 7.63. The molecule has 0 fully saturated rings. The van der Waals surface area contributed by atoms with E-state index in [1.807, 2.05) is 12.1 Å². The Morgan fingerprint density at radius 2 is 1.96 bits per heavy atom. The van der Waals surface area contributed by atoms with E-state index < -0.39 is 0 Å². The molecule has 3 rings (SSSR count). The summed E-state index contributed by atoms with van der Waals surface area (Å²) in [4.78, 5) is 29.5. The zero-order valence-corrected chi connectivity index (χ0v) is 14.0. The van der Waals surface area contributed by atoms with E-state index in [4.69, 9.17) is 12.2 Å². The topological polar surface area (TPSA) is 77.8 Å². The minimum Gasteiger partial charge on any atom is -0.352 e. The summed E-state index contributed by atoms with van der Waals surface area (Å²) in [5.74, 6) is -0.176. The molecule has 0 aliphatic carbocycles. The Hall–Kier alpha value is -2.73. The lowest BCUT2D eigenvalue weighted by molar-refractivity contribution is 0.0954. The number of H-pyrrole nitrogens is 2. The first kappa shape index (κ1) is 16.1. The fourth-order valence-corrected chi connectivity index (χ4v) is 2.82. The van der Waals surface area contributed by atoms with E-state index in [0.717, 1.165) is 6.42 Å². The molecule has 1 aromatic heterocycles. The quantitative estimate of drug-likeness (QED) is 0.640. The lowest BCUT2D eigenvalue weighted by Crippen LogP contribution is -2.26. The van der Waals surface area contributed by atoms with Gasteiger partial charge >= 0.3 is 0 Å². The SMILES string of the molecule is Cc1ccccc1CCNC(=O)c1ccc2c(=O)[nH]c(=S)[nH]c2c1. The van der Waals surface area contributed by atoms with Gasteiger partial charge in [0.1, 0.15) is 0 Å². The smallest absolute Gasteiger partial charge is 0.259 e. The maximum absolute atomic E-state index is 12.3. The lowest BCUT2D eigenvalue weighted by Gasteiger charge is -2.08. The second kappa shape index (κ2) is 6.80. The van der Waals surface area contributed by atoms with Gasteiger partial charge in [0, 0.05) is 12.1 Å². The van der Waals surface area contributed by atoms with E-state index in [1.54, 1.807) is 18.2 Å². The summed E-state index contributed by atoms with van der Waals surface area (Å²) in [5.41, 5.74) is 3.20. The van der Waals surface area contributed by atoms with Crippen molar-refractivity contribution in [2.75, 3.05) is 6.54 Å². The van der Waals surface area contributed by atoms with Crippen molar-refractivity contribution in [3.63, 3.8) is 0 Å². The second-order valence-electron chi connectivity index (χ2n) is 5.60. The van der Waals surface area contributed by atoms with Crippen molar-refractivity contribution < 1.29 is 4.79 Å². The molecular weight excluding hydrogens is 322 g/mol. The zero-order valence-electron chi connectivity index (χ0n) is 13.2. The number of hydrogen-bond acceptors (Lipinski definition) is 3. The van der Waals surface area contributed by atoms with Crippen LogP contribution >= 0.6 is 12.2 Å². The average molecular weight is 339 g/mol. The van der Waals surface area contributed by atoms with Gasteiger partial charge in [-0.2, -0.15) is 0 Å². The minimum absolute atomic E-state index is 0.176. The predicted molar refractivity (Wildman–Crippen MR) is 97.0 cm³/mol. The van der Waals surface area contributed by atoms with E-state index in [-0.39, 0.29) is 16.2 Å². The van der Waals surface area contributed by atoms with E-state index in [0.29, 0.717) is 23.0 Å². The van der Waals surface area contributed by atoms with Gasteiger partial charge in [-0.3, -0.25) is 14.6 Å². The molecule has 0 bridgehead atoms. The third-order valence-electron chi connectivity index (χ3n) is 3.94. The monoisotopic (exact) mass is 339 g/mol. The minimum atomic E-state index is -0.264. The molecule has 0 spiro atoms. The summed E-state index contributed by atoms with van der Waals surface area (Å²) < 4.78 is 0.240. The Kier molecular flexibility index (Phi) is 4.57. The maximum atomic E-state index is 12.3. The molecule has 0 atom stereocenters. The lowest BCUT2D eigenvalue weighted by atomic mass is 10.1. The number of aryl methyl sites for hydroxylation is 1. The Morgan fingerprint density at radius 1 is 1.17 bits per heavy atom. The zero-order chi connectivity index (χ0) is 17.1. The largest absolute Gasteiger partial charge is 0.352 e. The number of fused-ring (bicyclic) bond motifs is 1. The van der Waals surface area contributed by atoms with Crippen molar-refractivity contribution in [1.82, 2.24) is 15.3 Å². The van der Waals surface area contributed by atoms with Crippen LogP contribution in [0.15, 0.2) is 47.3 Å². The van der Waals surface area contributed by atoms with E-state index in [2.05, 4.69) is 34.3 Å². The van der Waals surface area contributed by atoms with Crippen LogP contribution in [0.4, 0.5) is 0 Å². The first-order chi connectivity index (χ1) is 11.5. The third kappa shape index (κ3) is 3.44. The van der Waals surface area contributed by atoms with Gasteiger partial charge in [-0.05, 0) is 54.9 Å². The summed E-state index contributed by atoms with van der Waals surface area (Å²) in [7, 11) is 0. The summed E-state index contributed by atoms with van der Waals surface area (Å²) in [6.07, 6.45) is 0.772. The molecule has 0 saturated heterocycles. The normalized spacial score (nSPS) is 10.7. The Morgan fingerprint density at radius 3 is 2.75 bits per heavy atom. The highest BCUT2D eigenvalue weighted by atomic mass is 32.1. The van der Waals surface area contributed by atoms with E-state index in [1.165, 1.54) is 11.1 Å². The predicted octanol–water partition coefficient (Wildman–Crippen LogP) is 2.87. The number of aromatic nitrogens is 2. The summed E-state index contributed by atoms with van der Waals surface area (Å²) in [6, 6.07) is 13.0. The fraction of sp³-hybridized carbons (Fsp3) is 0.167. The molecule has 0 radical (unpaired) electrons. The van der Waals surface area contributed by atoms with Crippen LogP contribution in [-0.2, 0) is 6.42 Å². The molecule has 0 unspecified atom stereocenters. The molecule has 5 nitrogen and oxygen atoms in total. The van der Waals surface area contributed by atoms with Gasteiger partial charge in [-0.25, -0.2) is 0 Å². The van der Waals surface area contributed by atoms with Crippen LogP contribution in [0.25, 0.3) is 10.9 Å². The van der Waals surface area contributed by atoms with Crippen LogP contribution < -0.4 is 10.9 Å². The van der Waals surface area contributed by atoms with Crippen LogP contribution in [0.1, 0.15) is 21.5 Å². The van der Waals surface area contributed by atoms with Crippen molar-refractivity contribution in [1.29, 1.82) is 0 Å². The second-order valence-corrected chi connectivity index (χ2v) is 6.01. The van der Waals surface area contributed by atoms with Crippen LogP contribution in [0, 0.1) is 11.7 Å². The van der Waals surface area contributed by atoms with Gasteiger partial charge in [0.05, 0.1) is 10.9 Å². The van der Waals surface area contributed by atoms with Crippen molar-refractivity contribution in [3.8, 4) is 0 Å². The van der Waals surface area contributed by atoms with E-state index >= 15 is 0 Å². The summed E-state index contributed by atoms with van der Waals surface area (Å²) >= 11 is 4.96. The molecule has 3 N–H and O–H groups in total. The molecule has 0 saturated carbocycles. The molecule has 2 aromatic carbocycles. The van der Waals surface area contributed by atoms with Gasteiger partial charge in [-0.15, -0.1) is 0 Å². The van der Waals surface area contributed by atoms with Crippen LogP contribution in [-0.4, -0.2) is 22.4 Å². The number of amides is 1.